The van der Waals surface area contributed by atoms with Crippen molar-refractivity contribution in [3.05, 3.63) is 59.7 Å². The van der Waals surface area contributed by atoms with Gasteiger partial charge in [-0.3, -0.25) is 10.1 Å². The Balaban J connectivity index is 1.75. The Morgan fingerprint density at radius 3 is 2.66 bits per heavy atom. The highest BCUT2D eigenvalue weighted by molar-refractivity contribution is 6.10. The number of carbonyl (C=O) groups is 1. The van der Waals surface area contributed by atoms with E-state index < -0.39 is 0 Å². The third-order valence-corrected chi connectivity index (χ3v) is 4.96. The predicted molar refractivity (Wildman–Crippen MR) is 119 cm³/mol. The van der Waals surface area contributed by atoms with Gasteiger partial charge in [0.1, 0.15) is 0 Å². The van der Waals surface area contributed by atoms with Crippen molar-refractivity contribution in [3.63, 3.8) is 0 Å². The van der Waals surface area contributed by atoms with Gasteiger partial charge in [-0.25, -0.2) is 4.99 Å². The van der Waals surface area contributed by atoms with Crippen molar-refractivity contribution in [1.82, 2.24) is 5.32 Å². The van der Waals surface area contributed by atoms with Gasteiger partial charge in [-0.1, -0.05) is 25.1 Å². The molecule has 0 aliphatic carbocycles. The third kappa shape index (κ3) is 6.06. The Kier molecular flexibility index (Phi) is 7.25. The standard InChI is InChI=1S/C23H30N4O2/c1-4-17-10-12-19(13-11-17)25-23(24-16-21-9-6-14-29-21)26-22(28)18-7-5-8-20(15-18)27(2)3/h5,7-8,10-13,15,21H,4,6,9,14,16H2,1-3H3,(H2,24,25,26,28)/t21-/m0/s1. The highest BCUT2D eigenvalue weighted by Gasteiger charge is 2.16. The minimum Gasteiger partial charge on any atom is -0.378 e. The summed E-state index contributed by atoms with van der Waals surface area (Å²) in [6.45, 7) is 3.43. The van der Waals surface area contributed by atoms with Gasteiger partial charge >= 0.3 is 0 Å². The molecule has 2 aromatic carbocycles. The lowest BCUT2D eigenvalue weighted by Crippen LogP contribution is -2.36. The quantitative estimate of drug-likeness (QED) is 0.579. The summed E-state index contributed by atoms with van der Waals surface area (Å²) in [4.78, 5) is 19.4. The van der Waals surface area contributed by atoms with Gasteiger partial charge < -0.3 is 15.0 Å². The van der Waals surface area contributed by atoms with Gasteiger partial charge in [0.25, 0.3) is 5.91 Å². The normalized spacial score (nSPS) is 16.5. The van der Waals surface area contributed by atoms with Crippen LogP contribution >= 0.6 is 0 Å². The highest BCUT2D eigenvalue weighted by Crippen LogP contribution is 2.15. The average Bonchev–Trinajstić information content (AvgIpc) is 3.26. The summed E-state index contributed by atoms with van der Waals surface area (Å²) >= 11 is 0. The summed E-state index contributed by atoms with van der Waals surface area (Å²) in [5.41, 5.74) is 3.70. The zero-order valence-corrected chi connectivity index (χ0v) is 17.4. The van der Waals surface area contributed by atoms with Crippen molar-refractivity contribution in [3.8, 4) is 0 Å². The first-order chi connectivity index (χ1) is 14.0. The molecule has 0 unspecified atom stereocenters. The molecule has 0 saturated carbocycles. The third-order valence-electron chi connectivity index (χ3n) is 4.96. The van der Waals surface area contributed by atoms with E-state index >= 15 is 0 Å². The maximum atomic E-state index is 12.8. The largest absolute Gasteiger partial charge is 0.378 e. The summed E-state index contributed by atoms with van der Waals surface area (Å²) in [6, 6.07) is 15.7. The minimum absolute atomic E-state index is 0.114. The van der Waals surface area contributed by atoms with E-state index in [1.54, 1.807) is 6.07 Å². The van der Waals surface area contributed by atoms with E-state index in [1.807, 2.05) is 49.3 Å². The zero-order valence-electron chi connectivity index (χ0n) is 17.4. The van der Waals surface area contributed by atoms with Crippen LogP contribution in [-0.2, 0) is 11.2 Å². The molecule has 1 atom stereocenters. The molecular formula is C23H30N4O2. The molecular weight excluding hydrogens is 364 g/mol. The number of hydrogen-bond acceptors (Lipinski definition) is 4. The second kappa shape index (κ2) is 10.1. The number of rotatable bonds is 6. The number of ether oxygens (including phenoxy) is 1. The number of hydrogen-bond donors (Lipinski definition) is 2. The van der Waals surface area contributed by atoms with Crippen molar-refractivity contribution < 1.29 is 9.53 Å². The van der Waals surface area contributed by atoms with Gasteiger partial charge in [0.15, 0.2) is 0 Å². The molecule has 3 rings (SSSR count). The number of amides is 1. The Bertz CT molecular complexity index is 840. The first-order valence-corrected chi connectivity index (χ1v) is 10.2. The van der Waals surface area contributed by atoms with Gasteiger partial charge in [-0.05, 0) is 55.2 Å². The molecule has 1 aliphatic rings. The van der Waals surface area contributed by atoms with Gasteiger partial charge in [0.2, 0.25) is 5.96 Å². The number of benzene rings is 2. The van der Waals surface area contributed by atoms with Crippen LogP contribution in [0.15, 0.2) is 53.5 Å². The SMILES string of the molecule is CCc1ccc(NC(=NC[C@@H]2CCCO2)NC(=O)c2cccc(N(C)C)c2)cc1. The fraction of sp³-hybridized carbons (Fsp3) is 0.391. The molecule has 154 valence electrons. The molecule has 2 aromatic rings. The van der Waals surface area contributed by atoms with Crippen molar-refractivity contribution in [1.29, 1.82) is 0 Å². The Morgan fingerprint density at radius 2 is 2.00 bits per heavy atom. The molecule has 0 aromatic heterocycles. The minimum atomic E-state index is -0.197. The lowest BCUT2D eigenvalue weighted by Gasteiger charge is -2.15. The molecule has 2 N–H and O–H groups in total. The number of nitrogens with zero attached hydrogens (tertiary/aromatic N) is 2. The van der Waals surface area contributed by atoms with Crippen LogP contribution in [0.5, 0.6) is 0 Å². The molecule has 6 heteroatoms. The molecule has 1 heterocycles. The van der Waals surface area contributed by atoms with E-state index in [1.165, 1.54) is 5.56 Å². The highest BCUT2D eigenvalue weighted by atomic mass is 16.5. The van der Waals surface area contributed by atoms with Crippen LogP contribution in [0.3, 0.4) is 0 Å². The maximum Gasteiger partial charge on any atom is 0.258 e. The Morgan fingerprint density at radius 1 is 1.21 bits per heavy atom. The molecule has 6 nitrogen and oxygen atoms in total. The molecule has 1 saturated heterocycles. The first kappa shape index (κ1) is 20.9. The summed E-state index contributed by atoms with van der Waals surface area (Å²) in [6.07, 6.45) is 3.16. The number of aliphatic imine (C=N–C) groups is 1. The van der Waals surface area contributed by atoms with Crippen LogP contribution in [0.25, 0.3) is 0 Å². The molecule has 29 heavy (non-hydrogen) atoms. The molecule has 1 aliphatic heterocycles. The van der Waals surface area contributed by atoms with Crippen molar-refractivity contribution in [2.75, 3.05) is 37.5 Å². The van der Waals surface area contributed by atoms with E-state index in [-0.39, 0.29) is 12.0 Å². The smallest absolute Gasteiger partial charge is 0.258 e. The van der Waals surface area contributed by atoms with Crippen LogP contribution < -0.4 is 15.5 Å². The van der Waals surface area contributed by atoms with E-state index in [9.17, 15) is 4.79 Å². The van der Waals surface area contributed by atoms with Gasteiger partial charge in [-0.15, -0.1) is 0 Å². The lowest BCUT2D eigenvalue weighted by atomic mass is 10.1. The molecule has 0 bridgehead atoms. The summed E-state index contributed by atoms with van der Waals surface area (Å²) < 4.78 is 5.66. The fourth-order valence-corrected chi connectivity index (χ4v) is 3.16. The molecule has 1 fully saturated rings. The van der Waals surface area contributed by atoms with Gasteiger partial charge in [0.05, 0.1) is 12.6 Å². The molecule has 0 spiro atoms. The number of nitrogens with one attached hydrogen (secondary N) is 2. The Hall–Kier alpha value is -2.86. The number of anilines is 2. The van der Waals surface area contributed by atoms with Crippen LogP contribution in [-0.4, -0.2) is 45.2 Å². The van der Waals surface area contributed by atoms with Crippen molar-refractivity contribution >= 4 is 23.2 Å². The van der Waals surface area contributed by atoms with Crippen molar-refractivity contribution in [2.45, 2.75) is 32.3 Å². The monoisotopic (exact) mass is 394 g/mol. The molecule has 1 amide bonds. The lowest BCUT2D eigenvalue weighted by molar-refractivity contribution is 0.0975. The zero-order chi connectivity index (χ0) is 20.6. The van der Waals surface area contributed by atoms with Gasteiger partial charge in [0, 0.05) is 37.6 Å². The topological polar surface area (TPSA) is 66.0 Å². The summed E-state index contributed by atoms with van der Waals surface area (Å²) in [7, 11) is 3.90. The van der Waals surface area contributed by atoms with Crippen LogP contribution in [0.4, 0.5) is 11.4 Å². The van der Waals surface area contributed by atoms with Crippen LogP contribution in [0, 0.1) is 0 Å². The fourth-order valence-electron chi connectivity index (χ4n) is 3.16. The summed E-state index contributed by atoms with van der Waals surface area (Å²) in [5.74, 6) is 0.238. The number of aryl methyl sites for hydroxylation is 1. The number of guanidine groups is 1. The second-order valence-electron chi connectivity index (χ2n) is 7.40. The molecule has 0 radical (unpaired) electrons. The summed E-state index contributed by atoms with van der Waals surface area (Å²) in [5, 5.41) is 6.17. The van der Waals surface area contributed by atoms with Crippen LogP contribution in [0.2, 0.25) is 0 Å². The van der Waals surface area contributed by atoms with E-state index in [4.69, 9.17) is 4.74 Å². The number of carbonyl (C=O) groups excluding carboxylic acids is 1. The van der Waals surface area contributed by atoms with E-state index in [0.29, 0.717) is 18.1 Å². The Labute approximate surface area is 173 Å². The average molecular weight is 395 g/mol. The van der Waals surface area contributed by atoms with Crippen molar-refractivity contribution in [2.24, 2.45) is 4.99 Å². The van der Waals surface area contributed by atoms with Gasteiger partial charge in [-0.2, -0.15) is 0 Å². The predicted octanol–water partition coefficient (Wildman–Crippen LogP) is 3.69. The first-order valence-electron chi connectivity index (χ1n) is 10.2. The van der Waals surface area contributed by atoms with E-state index in [2.05, 4.69) is 34.7 Å². The second-order valence-corrected chi connectivity index (χ2v) is 7.40. The maximum absolute atomic E-state index is 12.8. The van der Waals surface area contributed by atoms with E-state index in [0.717, 1.165) is 37.2 Å². The van der Waals surface area contributed by atoms with Crippen LogP contribution in [0.1, 0.15) is 35.7 Å².